The van der Waals surface area contributed by atoms with Crippen molar-refractivity contribution >= 4 is 29.3 Å². The van der Waals surface area contributed by atoms with Crippen LogP contribution in [0, 0.1) is 0 Å². The van der Waals surface area contributed by atoms with Gasteiger partial charge in [0.15, 0.2) is 5.16 Å². The van der Waals surface area contributed by atoms with E-state index >= 15 is 0 Å². The van der Waals surface area contributed by atoms with Crippen LogP contribution < -0.4 is 10.6 Å². The Morgan fingerprint density at radius 2 is 2.19 bits per heavy atom. The number of para-hydroxylation sites is 1. The molecule has 1 aliphatic rings. The number of hydrogen-bond acceptors (Lipinski definition) is 5. The van der Waals surface area contributed by atoms with E-state index in [9.17, 15) is 4.79 Å². The molecule has 7 heteroatoms. The lowest BCUT2D eigenvalue weighted by molar-refractivity contribution is -0.116. The van der Waals surface area contributed by atoms with Crippen molar-refractivity contribution in [1.29, 1.82) is 0 Å². The highest BCUT2D eigenvalue weighted by atomic mass is 32.2. The number of fused-ring (bicyclic) bond motifs is 1. The van der Waals surface area contributed by atoms with Crippen molar-refractivity contribution in [3.8, 4) is 0 Å². The predicted molar refractivity (Wildman–Crippen MR) is 83.3 cm³/mol. The van der Waals surface area contributed by atoms with Crippen molar-refractivity contribution in [2.75, 3.05) is 22.9 Å². The third kappa shape index (κ3) is 2.73. The van der Waals surface area contributed by atoms with Crippen molar-refractivity contribution in [1.82, 2.24) is 14.8 Å². The summed E-state index contributed by atoms with van der Waals surface area (Å²) in [6.07, 6.45) is 2.04. The van der Waals surface area contributed by atoms with E-state index in [1.807, 2.05) is 23.1 Å². The van der Waals surface area contributed by atoms with Gasteiger partial charge < -0.3 is 10.6 Å². The van der Waals surface area contributed by atoms with Gasteiger partial charge in [-0.1, -0.05) is 30.0 Å². The maximum atomic E-state index is 12.5. The molecule has 1 aromatic heterocycles. The zero-order valence-corrected chi connectivity index (χ0v) is 12.6. The molecule has 0 saturated carbocycles. The third-order valence-electron chi connectivity index (χ3n) is 3.60. The second-order valence-electron chi connectivity index (χ2n) is 4.97. The van der Waals surface area contributed by atoms with Gasteiger partial charge in [-0.15, -0.1) is 10.2 Å². The minimum absolute atomic E-state index is 0.0914. The Labute approximate surface area is 127 Å². The summed E-state index contributed by atoms with van der Waals surface area (Å²) in [7, 11) is 1.79. The summed E-state index contributed by atoms with van der Waals surface area (Å²) in [6.45, 7) is 0.775. The summed E-state index contributed by atoms with van der Waals surface area (Å²) in [5.74, 6) is 0.780. The molecule has 0 aliphatic carbocycles. The highest BCUT2D eigenvalue weighted by Crippen LogP contribution is 2.28. The van der Waals surface area contributed by atoms with Gasteiger partial charge in [-0.2, -0.15) is 0 Å². The van der Waals surface area contributed by atoms with Gasteiger partial charge >= 0.3 is 0 Å². The first kappa shape index (κ1) is 13.9. The summed E-state index contributed by atoms with van der Waals surface area (Å²) in [5.41, 5.74) is 7.91. The van der Waals surface area contributed by atoms with Crippen LogP contribution in [0.15, 0.2) is 29.4 Å². The number of benzene rings is 1. The van der Waals surface area contributed by atoms with Gasteiger partial charge in [0.2, 0.25) is 11.9 Å². The minimum atomic E-state index is 0.0914. The van der Waals surface area contributed by atoms with Crippen LogP contribution in [0.25, 0.3) is 0 Å². The van der Waals surface area contributed by atoms with Crippen LogP contribution >= 0.6 is 11.8 Å². The average Bonchev–Trinajstić information content (AvgIpc) is 2.84. The molecular formula is C14H17N5OS. The SMILES string of the molecule is Cn1c(N)nnc1SCC(=O)N1CCCc2ccccc21. The number of carbonyl (C=O) groups is 1. The van der Waals surface area contributed by atoms with Crippen LogP contribution in [-0.4, -0.2) is 33.0 Å². The number of aryl methyl sites for hydroxylation is 1. The Morgan fingerprint density at radius 1 is 1.38 bits per heavy atom. The molecular weight excluding hydrogens is 286 g/mol. The van der Waals surface area contributed by atoms with Gasteiger partial charge in [-0.3, -0.25) is 9.36 Å². The van der Waals surface area contributed by atoms with Gasteiger partial charge in [-0.25, -0.2) is 0 Å². The number of nitrogen functional groups attached to an aromatic ring is 1. The number of anilines is 2. The van der Waals surface area contributed by atoms with Crippen molar-refractivity contribution in [2.45, 2.75) is 18.0 Å². The van der Waals surface area contributed by atoms with Gasteiger partial charge in [0.25, 0.3) is 0 Å². The average molecular weight is 303 g/mol. The van der Waals surface area contributed by atoms with E-state index in [-0.39, 0.29) is 5.91 Å². The summed E-state index contributed by atoms with van der Waals surface area (Å²) < 4.78 is 1.68. The Bertz CT molecular complexity index is 669. The fourth-order valence-corrected chi connectivity index (χ4v) is 3.24. The molecule has 0 unspecified atom stereocenters. The maximum Gasteiger partial charge on any atom is 0.237 e. The first-order valence-electron chi connectivity index (χ1n) is 6.83. The highest BCUT2D eigenvalue weighted by Gasteiger charge is 2.22. The van der Waals surface area contributed by atoms with E-state index < -0.39 is 0 Å². The number of rotatable bonds is 3. The summed E-state index contributed by atoms with van der Waals surface area (Å²) in [5, 5.41) is 8.40. The Balaban J connectivity index is 1.71. The monoisotopic (exact) mass is 303 g/mol. The first-order chi connectivity index (χ1) is 10.2. The van der Waals surface area contributed by atoms with Gasteiger partial charge in [0.1, 0.15) is 0 Å². The molecule has 0 fully saturated rings. The smallest absolute Gasteiger partial charge is 0.237 e. The normalized spacial score (nSPS) is 14.0. The van der Waals surface area contributed by atoms with Gasteiger partial charge in [0, 0.05) is 19.3 Å². The number of amides is 1. The molecule has 1 amide bonds. The van der Waals surface area contributed by atoms with Crippen molar-refractivity contribution in [3.63, 3.8) is 0 Å². The van der Waals surface area contributed by atoms with Crippen LogP contribution in [0.5, 0.6) is 0 Å². The summed E-state index contributed by atoms with van der Waals surface area (Å²) in [4.78, 5) is 14.3. The first-order valence-corrected chi connectivity index (χ1v) is 7.81. The Morgan fingerprint density at radius 3 is 2.95 bits per heavy atom. The van der Waals surface area contributed by atoms with E-state index in [0.717, 1.165) is 25.1 Å². The summed E-state index contributed by atoms with van der Waals surface area (Å²) >= 11 is 1.36. The Kier molecular flexibility index (Phi) is 3.83. The molecule has 110 valence electrons. The largest absolute Gasteiger partial charge is 0.368 e. The van der Waals surface area contributed by atoms with Crippen molar-refractivity contribution < 1.29 is 4.79 Å². The van der Waals surface area contributed by atoms with Crippen LogP contribution in [0.3, 0.4) is 0 Å². The number of hydrogen-bond donors (Lipinski definition) is 1. The van der Waals surface area contributed by atoms with Crippen LogP contribution in [-0.2, 0) is 18.3 Å². The van der Waals surface area contributed by atoms with E-state index in [1.54, 1.807) is 11.6 Å². The standard InChI is InChI=1S/C14H17N5OS/c1-18-13(15)16-17-14(18)21-9-12(20)19-8-4-6-10-5-2-3-7-11(10)19/h2-3,5,7H,4,6,8-9H2,1H3,(H2,15,16). The topological polar surface area (TPSA) is 77.0 Å². The van der Waals surface area contributed by atoms with Crippen LogP contribution in [0.2, 0.25) is 0 Å². The van der Waals surface area contributed by atoms with E-state index in [2.05, 4.69) is 16.3 Å². The van der Waals surface area contributed by atoms with Crippen LogP contribution in [0.1, 0.15) is 12.0 Å². The molecule has 2 heterocycles. The minimum Gasteiger partial charge on any atom is -0.368 e. The lowest BCUT2D eigenvalue weighted by atomic mass is 10.0. The number of nitrogens with two attached hydrogens (primary N) is 1. The lowest BCUT2D eigenvalue weighted by Gasteiger charge is -2.29. The number of thioether (sulfide) groups is 1. The summed E-state index contributed by atoms with van der Waals surface area (Å²) in [6, 6.07) is 8.09. The molecule has 21 heavy (non-hydrogen) atoms. The molecule has 1 aliphatic heterocycles. The van der Waals surface area contributed by atoms with Crippen LogP contribution in [0.4, 0.5) is 11.6 Å². The molecule has 1 aromatic carbocycles. The molecule has 3 rings (SSSR count). The number of aromatic nitrogens is 3. The van der Waals surface area contributed by atoms with Crippen molar-refractivity contribution in [3.05, 3.63) is 29.8 Å². The van der Waals surface area contributed by atoms with E-state index in [1.165, 1.54) is 17.3 Å². The lowest BCUT2D eigenvalue weighted by Crippen LogP contribution is -2.36. The molecule has 2 N–H and O–H groups in total. The molecule has 0 saturated heterocycles. The highest BCUT2D eigenvalue weighted by molar-refractivity contribution is 7.99. The molecule has 2 aromatic rings. The van der Waals surface area contributed by atoms with Gasteiger partial charge in [-0.05, 0) is 24.5 Å². The third-order valence-corrected chi connectivity index (χ3v) is 4.61. The van der Waals surface area contributed by atoms with Gasteiger partial charge in [0.05, 0.1) is 5.75 Å². The molecule has 0 atom stereocenters. The molecule has 6 nitrogen and oxygen atoms in total. The fourth-order valence-electron chi connectivity index (χ4n) is 2.45. The van der Waals surface area contributed by atoms with E-state index in [4.69, 9.17) is 5.73 Å². The Hall–Kier alpha value is -2.02. The zero-order valence-electron chi connectivity index (χ0n) is 11.8. The molecule has 0 bridgehead atoms. The van der Waals surface area contributed by atoms with E-state index in [0.29, 0.717) is 16.9 Å². The predicted octanol–water partition coefficient (Wildman–Crippen LogP) is 1.47. The number of nitrogens with zero attached hydrogens (tertiary/aromatic N) is 4. The van der Waals surface area contributed by atoms with Crippen molar-refractivity contribution in [2.24, 2.45) is 7.05 Å². The second-order valence-corrected chi connectivity index (χ2v) is 5.91. The zero-order chi connectivity index (χ0) is 14.8. The quantitative estimate of drug-likeness (QED) is 0.869. The molecule has 0 spiro atoms. The maximum absolute atomic E-state index is 12.5. The number of carbonyl (C=O) groups excluding carboxylic acids is 1. The second kappa shape index (κ2) is 5.77. The fraction of sp³-hybridized carbons (Fsp3) is 0.357. The molecule has 0 radical (unpaired) electrons.